The Balaban J connectivity index is 2.77. The fourth-order valence-corrected chi connectivity index (χ4v) is 2.39. The quantitative estimate of drug-likeness (QED) is 0.272. The van der Waals surface area contributed by atoms with Crippen LogP contribution in [0, 0.1) is 0 Å². The van der Waals surface area contributed by atoms with Gasteiger partial charge in [-0.05, 0) is 18.9 Å². The van der Waals surface area contributed by atoms with Crippen molar-refractivity contribution in [3.05, 3.63) is 35.9 Å². The molecule has 2 amide bonds. The van der Waals surface area contributed by atoms with Crippen molar-refractivity contribution in [3.63, 3.8) is 0 Å². The van der Waals surface area contributed by atoms with Crippen LogP contribution in [0.2, 0.25) is 0 Å². The second kappa shape index (κ2) is 11.0. The molecule has 28 heavy (non-hydrogen) atoms. The van der Waals surface area contributed by atoms with Crippen LogP contribution in [0.15, 0.2) is 30.3 Å². The van der Waals surface area contributed by atoms with Crippen molar-refractivity contribution in [2.75, 3.05) is 0 Å². The summed E-state index contributed by atoms with van der Waals surface area (Å²) >= 11 is 0. The van der Waals surface area contributed by atoms with Crippen LogP contribution in [0.5, 0.6) is 0 Å². The van der Waals surface area contributed by atoms with Gasteiger partial charge in [0.25, 0.3) is 0 Å². The molecule has 0 aromatic heterocycles. The number of hydrogen-bond acceptors (Lipinski definition) is 6. The van der Waals surface area contributed by atoms with E-state index in [-0.39, 0.29) is 19.3 Å². The van der Waals surface area contributed by atoms with E-state index in [0.29, 0.717) is 5.56 Å². The zero-order chi connectivity index (χ0) is 21.3. The molecular weight excluding hydrogens is 370 g/mol. The lowest BCUT2D eigenvalue weighted by Gasteiger charge is -2.24. The van der Waals surface area contributed by atoms with Gasteiger partial charge < -0.3 is 31.7 Å². The molecule has 10 nitrogen and oxygen atoms in total. The van der Waals surface area contributed by atoms with E-state index in [1.165, 1.54) is 6.92 Å². The molecule has 154 valence electrons. The van der Waals surface area contributed by atoms with Gasteiger partial charge >= 0.3 is 11.9 Å². The lowest BCUT2D eigenvalue weighted by Crippen LogP contribution is -2.58. The average Bonchev–Trinajstić information content (AvgIpc) is 2.63. The number of nitrogens with one attached hydrogen (secondary N) is 2. The molecule has 10 heteroatoms. The van der Waals surface area contributed by atoms with E-state index >= 15 is 0 Å². The molecule has 1 rings (SSSR count). The zero-order valence-electron chi connectivity index (χ0n) is 15.4. The van der Waals surface area contributed by atoms with Crippen LogP contribution in [-0.2, 0) is 25.6 Å². The van der Waals surface area contributed by atoms with E-state index in [2.05, 4.69) is 10.6 Å². The number of carboxylic acid groups (broad SMARTS) is 2. The summed E-state index contributed by atoms with van der Waals surface area (Å²) in [5, 5.41) is 32.3. The number of carboxylic acids is 2. The minimum absolute atomic E-state index is 0.0144. The molecule has 0 aliphatic rings. The standard InChI is InChI=1S/C18H25N3O7/c1-10(22)15(21-16(25)12(19)7-8-14(23)24)17(26)20-13(18(27)28)9-11-5-3-2-4-6-11/h2-6,10,12-13,15,22H,7-9,19H2,1H3,(H,20,26)(H,21,25)(H,23,24)(H,27,28). The molecule has 7 N–H and O–H groups in total. The Hall–Kier alpha value is -2.98. The number of rotatable bonds is 11. The first kappa shape index (κ1) is 23.1. The first-order valence-corrected chi connectivity index (χ1v) is 8.64. The third-order valence-corrected chi connectivity index (χ3v) is 3.97. The first-order valence-electron chi connectivity index (χ1n) is 8.64. The van der Waals surface area contributed by atoms with E-state index in [9.17, 15) is 29.4 Å². The summed E-state index contributed by atoms with van der Waals surface area (Å²) in [6, 6.07) is 4.74. The molecule has 0 radical (unpaired) electrons. The molecule has 0 bridgehead atoms. The minimum Gasteiger partial charge on any atom is -0.481 e. The van der Waals surface area contributed by atoms with Gasteiger partial charge in [-0.25, -0.2) is 4.79 Å². The van der Waals surface area contributed by atoms with Gasteiger partial charge in [0.15, 0.2) is 0 Å². The topological polar surface area (TPSA) is 179 Å². The van der Waals surface area contributed by atoms with Crippen LogP contribution in [0.1, 0.15) is 25.3 Å². The average molecular weight is 395 g/mol. The predicted molar refractivity (Wildman–Crippen MR) is 98.2 cm³/mol. The number of hydrogen-bond donors (Lipinski definition) is 6. The van der Waals surface area contributed by atoms with Gasteiger partial charge in [0.2, 0.25) is 11.8 Å². The Morgan fingerprint density at radius 3 is 2.14 bits per heavy atom. The van der Waals surface area contributed by atoms with E-state index in [0.717, 1.165) is 0 Å². The monoisotopic (exact) mass is 395 g/mol. The van der Waals surface area contributed by atoms with Gasteiger partial charge in [-0.15, -0.1) is 0 Å². The number of amides is 2. The van der Waals surface area contributed by atoms with E-state index in [4.69, 9.17) is 10.8 Å². The molecule has 0 aliphatic heterocycles. The van der Waals surface area contributed by atoms with E-state index in [1.807, 2.05) is 0 Å². The van der Waals surface area contributed by atoms with Crippen molar-refractivity contribution in [3.8, 4) is 0 Å². The molecular formula is C18H25N3O7. The summed E-state index contributed by atoms with van der Waals surface area (Å²) in [7, 11) is 0. The zero-order valence-corrected chi connectivity index (χ0v) is 15.4. The Labute approximate surface area is 161 Å². The maximum absolute atomic E-state index is 12.4. The van der Waals surface area contributed by atoms with Gasteiger partial charge in [-0.2, -0.15) is 0 Å². The Morgan fingerprint density at radius 1 is 1.04 bits per heavy atom. The van der Waals surface area contributed by atoms with Crippen molar-refractivity contribution >= 4 is 23.8 Å². The molecule has 0 fully saturated rings. The number of benzene rings is 1. The second-order valence-corrected chi connectivity index (χ2v) is 6.35. The van der Waals surface area contributed by atoms with Crippen LogP contribution in [0.3, 0.4) is 0 Å². The number of aliphatic hydroxyl groups excluding tert-OH is 1. The van der Waals surface area contributed by atoms with Gasteiger partial charge in [0.05, 0.1) is 12.1 Å². The van der Waals surface area contributed by atoms with Gasteiger partial charge in [-0.1, -0.05) is 30.3 Å². The van der Waals surface area contributed by atoms with Crippen molar-refractivity contribution in [1.29, 1.82) is 0 Å². The molecule has 0 aliphatic carbocycles. The number of nitrogens with two attached hydrogens (primary N) is 1. The maximum Gasteiger partial charge on any atom is 0.326 e. The largest absolute Gasteiger partial charge is 0.481 e. The van der Waals surface area contributed by atoms with E-state index < -0.39 is 48.0 Å². The highest BCUT2D eigenvalue weighted by Gasteiger charge is 2.31. The molecule has 1 aromatic rings. The molecule has 4 atom stereocenters. The maximum atomic E-state index is 12.4. The predicted octanol–water partition coefficient (Wildman–Crippen LogP) is -1.14. The highest BCUT2D eigenvalue weighted by atomic mass is 16.4. The smallest absolute Gasteiger partial charge is 0.326 e. The molecule has 4 unspecified atom stereocenters. The summed E-state index contributed by atoms with van der Waals surface area (Å²) < 4.78 is 0. The molecule has 0 spiro atoms. The lowest BCUT2D eigenvalue weighted by molar-refractivity contribution is -0.142. The Kier molecular flexibility index (Phi) is 9.06. The van der Waals surface area contributed by atoms with E-state index in [1.54, 1.807) is 30.3 Å². The Morgan fingerprint density at radius 2 is 1.64 bits per heavy atom. The van der Waals surface area contributed by atoms with Crippen LogP contribution >= 0.6 is 0 Å². The summed E-state index contributed by atoms with van der Waals surface area (Å²) in [6.07, 6.45) is -1.80. The fraction of sp³-hybridized carbons (Fsp3) is 0.444. The third kappa shape index (κ3) is 7.72. The molecule has 1 aromatic carbocycles. The summed E-state index contributed by atoms with van der Waals surface area (Å²) in [5.74, 6) is -4.11. The van der Waals surface area contributed by atoms with Crippen LogP contribution < -0.4 is 16.4 Å². The highest BCUT2D eigenvalue weighted by molar-refractivity contribution is 5.92. The number of carbonyl (C=O) groups excluding carboxylic acids is 2. The molecule has 0 saturated heterocycles. The third-order valence-electron chi connectivity index (χ3n) is 3.97. The molecule has 0 saturated carbocycles. The Bertz CT molecular complexity index is 694. The van der Waals surface area contributed by atoms with Crippen molar-refractivity contribution < 1.29 is 34.5 Å². The van der Waals surface area contributed by atoms with Gasteiger partial charge in [0.1, 0.15) is 12.1 Å². The normalized spacial score (nSPS) is 15.0. The highest BCUT2D eigenvalue weighted by Crippen LogP contribution is 2.05. The van der Waals surface area contributed by atoms with Crippen LogP contribution in [-0.4, -0.2) is 63.3 Å². The minimum atomic E-state index is -1.44. The molecule has 0 heterocycles. The van der Waals surface area contributed by atoms with Gasteiger partial charge in [0, 0.05) is 12.8 Å². The first-order chi connectivity index (χ1) is 13.1. The fourth-order valence-electron chi connectivity index (χ4n) is 2.39. The van der Waals surface area contributed by atoms with Crippen molar-refractivity contribution in [2.45, 2.75) is 50.4 Å². The summed E-state index contributed by atoms with van der Waals surface area (Å²) in [6.45, 7) is 1.25. The van der Waals surface area contributed by atoms with Crippen molar-refractivity contribution in [1.82, 2.24) is 10.6 Å². The number of aliphatic hydroxyl groups is 1. The SMILES string of the molecule is CC(O)C(NC(=O)C(N)CCC(=O)O)C(=O)NC(Cc1ccccc1)C(=O)O. The van der Waals surface area contributed by atoms with Crippen LogP contribution in [0.4, 0.5) is 0 Å². The number of aliphatic carboxylic acids is 2. The summed E-state index contributed by atoms with van der Waals surface area (Å²) in [5.41, 5.74) is 6.27. The number of carbonyl (C=O) groups is 4. The lowest BCUT2D eigenvalue weighted by atomic mass is 10.0. The van der Waals surface area contributed by atoms with Crippen molar-refractivity contribution in [2.24, 2.45) is 5.73 Å². The van der Waals surface area contributed by atoms with Crippen LogP contribution in [0.25, 0.3) is 0 Å². The summed E-state index contributed by atoms with van der Waals surface area (Å²) in [4.78, 5) is 46.5. The van der Waals surface area contributed by atoms with Gasteiger partial charge in [-0.3, -0.25) is 14.4 Å². The second-order valence-electron chi connectivity index (χ2n) is 6.35.